The summed E-state index contributed by atoms with van der Waals surface area (Å²) in [5, 5.41) is 12.0. The van der Waals surface area contributed by atoms with Crippen LogP contribution in [0.15, 0.2) is 42.5 Å². The van der Waals surface area contributed by atoms with Crippen LogP contribution in [-0.4, -0.2) is 11.8 Å². The van der Waals surface area contributed by atoms with Crippen LogP contribution in [0.25, 0.3) is 10.8 Å². The molecule has 0 aliphatic carbocycles. The minimum absolute atomic E-state index is 0.174. The van der Waals surface area contributed by atoms with E-state index >= 15 is 0 Å². The fourth-order valence-corrected chi connectivity index (χ4v) is 1.53. The molecule has 0 spiro atoms. The van der Waals surface area contributed by atoms with E-state index in [4.69, 9.17) is 0 Å². The number of Topliss-reactive ketones (excluding diaryl/α,β-unsaturated/α-hetero) is 1. The van der Waals surface area contributed by atoms with Gasteiger partial charge in [0.05, 0.1) is 0 Å². The SMILES string of the molecule is [O]C(=O)C(=O)c1cccc2ccccc12. The molecule has 2 rings (SSSR count). The quantitative estimate of drug-likeness (QED) is 0.548. The van der Waals surface area contributed by atoms with Crippen molar-refractivity contribution in [3.05, 3.63) is 48.0 Å². The molecule has 1 radical (unpaired) electrons. The van der Waals surface area contributed by atoms with Gasteiger partial charge in [0.15, 0.2) is 0 Å². The highest BCUT2D eigenvalue weighted by atomic mass is 16.4. The fraction of sp³-hybridized carbons (Fsp3) is 0. The lowest BCUT2D eigenvalue weighted by molar-refractivity contribution is -0.137. The number of hydrogen-bond donors (Lipinski definition) is 0. The van der Waals surface area contributed by atoms with Crippen LogP contribution in [0.1, 0.15) is 10.4 Å². The fourth-order valence-electron chi connectivity index (χ4n) is 1.53. The van der Waals surface area contributed by atoms with E-state index in [0.717, 1.165) is 5.39 Å². The average molecular weight is 199 g/mol. The number of ketones is 1. The van der Waals surface area contributed by atoms with E-state index in [1.165, 1.54) is 6.07 Å². The predicted molar refractivity (Wildman–Crippen MR) is 54.0 cm³/mol. The maximum atomic E-state index is 11.3. The second-order valence-electron chi connectivity index (χ2n) is 3.14. The Hall–Kier alpha value is -2.16. The lowest BCUT2D eigenvalue weighted by atomic mass is 10.0. The average Bonchev–Trinajstić information content (AvgIpc) is 2.27. The van der Waals surface area contributed by atoms with Gasteiger partial charge in [-0.25, -0.2) is 9.90 Å². The molecule has 0 bridgehead atoms. The highest BCUT2D eigenvalue weighted by Crippen LogP contribution is 2.18. The molecule has 73 valence electrons. The molecule has 0 amide bonds. The second kappa shape index (κ2) is 3.53. The maximum Gasteiger partial charge on any atom is 0.426 e. The first-order valence-electron chi connectivity index (χ1n) is 4.43. The van der Waals surface area contributed by atoms with Crippen molar-refractivity contribution in [2.45, 2.75) is 0 Å². The molecule has 3 heteroatoms. The monoisotopic (exact) mass is 199 g/mol. The highest BCUT2D eigenvalue weighted by Gasteiger charge is 2.18. The Morgan fingerprint density at radius 2 is 1.53 bits per heavy atom. The molecule has 0 aromatic heterocycles. The summed E-state index contributed by atoms with van der Waals surface area (Å²) in [4.78, 5) is 21.8. The Morgan fingerprint density at radius 1 is 0.867 bits per heavy atom. The zero-order valence-electron chi connectivity index (χ0n) is 7.77. The molecule has 3 nitrogen and oxygen atoms in total. The summed E-state index contributed by atoms with van der Waals surface area (Å²) in [7, 11) is 0. The van der Waals surface area contributed by atoms with Gasteiger partial charge < -0.3 is 0 Å². The Morgan fingerprint density at radius 3 is 2.27 bits per heavy atom. The normalized spacial score (nSPS) is 10.1. The summed E-state index contributed by atoms with van der Waals surface area (Å²) in [5.74, 6) is -2.65. The third kappa shape index (κ3) is 1.59. The Labute approximate surface area is 86.0 Å². The van der Waals surface area contributed by atoms with E-state index in [-0.39, 0.29) is 5.56 Å². The largest absolute Gasteiger partial charge is 0.426 e. The molecule has 0 aliphatic heterocycles. The second-order valence-corrected chi connectivity index (χ2v) is 3.14. The molecule has 0 saturated heterocycles. The van der Waals surface area contributed by atoms with Gasteiger partial charge in [0, 0.05) is 5.56 Å². The molecule has 0 unspecified atom stereocenters. The zero-order valence-corrected chi connectivity index (χ0v) is 7.77. The van der Waals surface area contributed by atoms with Crippen LogP contribution in [-0.2, 0) is 9.90 Å². The van der Waals surface area contributed by atoms with Gasteiger partial charge in [0.1, 0.15) is 0 Å². The van der Waals surface area contributed by atoms with Crippen molar-refractivity contribution in [3.63, 3.8) is 0 Å². The van der Waals surface area contributed by atoms with Crippen molar-refractivity contribution in [1.29, 1.82) is 0 Å². The van der Waals surface area contributed by atoms with Crippen LogP contribution in [0.3, 0.4) is 0 Å². The van der Waals surface area contributed by atoms with Gasteiger partial charge >= 0.3 is 5.97 Å². The van der Waals surface area contributed by atoms with Crippen LogP contribution in [0, 0.1) is 0 Å². The minimum atomic E-state index is -1.67. The van der Waals surface area contributed by atoms with Crippen molar-refractivity contribution < 1.29 is 14.7 Å². The molecule has 0 atom stereocenters. The number of hydrogen-bond acceptors (Lipinski definition) is 2. The van der Waals surface area contributed by atoms with Gasteiger partial charge in [-0.15, -0.1) is 0 Å². The van der Waals surface area contributed by atoms with Gasteiger partial charge in [0.2, 0.25) is 0 Å². The molecule has 0 saturated carbocycles. The van der Waals surface area contributed by atoms with Crippen molar-refractivity contribution in [2.75, 3.05) is 0 Å². The molecular weight excluding hydrogens is 192 g/mol. The van der Waals surface area contributed by atoms with E-state index in [9.17, 15) is 14.7 Å². The van der Waals surface area contributed by atoms with Crippen molar-refractivity contribution >= 4 is 22.5 Å². The number of rotatable bonds is 2. The minimum Gasteiger partial charge on any atom is -0.281 e. The van der Waals surface area contributed by atoms with Gasteiger partial charge in [-0.3, -0.25) is 4.79 Å². The van der Waals surface area contributed by atoms with Gasteiger partial charge in [-0.1, -0.05) is 42.5 Å². The Kier molecular flexibility index (Phi) is 2.21. The van der Waals surface area contributed by atoms with Crippen LogP contribution in [0.4, 0.5) is 0 Å². The maximum absolute atomic E-state index is 11.3. The van der Waals surface area contributed by atoms with Crippen molar-refractivity contribution in [1.82, 2.24) is 0 Å². The lowest BCUT2D eigenvalue weighted by Gasteiger charge is -2.01. The Balaban J connectivity index is 2.71. The summed E-state index contributed by atoms with van der Waals surface area (Å²) >= 11 is 0. The molecule has 2 aromatic carbocycles. The zero-order chi connectivity index (χ0) is 10.8. The summed E-state index contributed by atoms with van der Waals surface area (Å²) in [6.07, 6.45) is 0. The lowest BCUT2D eigenvalue weighted by Crippen LogP contribution is -2.11. The third-order valence-corrected chi connectivity index (χ3v) is 2.22. The molecule has 0 heterocycles. The van der Waals surface area contributed by atoms with Crippen LogP contribution in [0.5, 0.6) is 0 Å². The molecule has 0 fully saturated rings. The molecule has 15 heavy (non-hydrogen) atoms. The molecule has 0 N–H and O–H groups in total. The van der Waals surface area contributed by atoms with Crippen LogP contribution < -0.4 is 0 Å². The van der Waals surface area contributed by atoms with Crippen LogP contribution in [0.2, 0.25) is 0 Å². The van der Waals surface area contributed by atoms with Crippen molar-refractivity contribution in [3.8, 4) is 0 Å². The predicted octanol–water partition coefficient (Wildman–Crippen LogP) is 1.98. The topological polar surface area (TPSA) is 54.0 Å². The van der Waals surface area contributed by atoms with Crippen molar-refractivity contribution in [2.24, 2.45) is 0 Å². The first-order valence-corrected chi connectivity index (χ1v) is 4.43. The standard InChI is InChI=1S/C12H7O3/c13-11(12(14)15)10-7-3-5-8-4-1-2-6-9(8)10/h1-7H. The third-order valence-electron chi connectivity index (χ3n) is 2.22. The van der Waals surface area contributed by atoms with E-state index in [1.54, 1.807) is 18.2 Å². The first kappa shape index (κ1) is 9.40. The first-order chi connectivity index (χ1) is 7.20. The van der Waals surface area contributed by atoms with Gasteiger partial charge in [0.25, 0.3) is 5.78 Å². The van der Waals surface area contributed by atoms with Crippen LogP contribution >= 0.6 is 0 Å². The van der Waals surface area contributed by atoms with E-state index in [0.29, 0.717) is 5.39 Å². The molecule has 0 aliphatic rings. The number of benzene rings is 2. The number of fused-ring (bicyclic) bond motifs is 1. The van der Waals surface area contributed by atoms with Gasteiger partial charge in [-0.2, -0.15) is 0 Å². The summed E-state index contributed by atoms with van der Waals surface area (Å²) < 4.78 is 0. The molecule has 2 aromatic rings. The van der Waals surface area contributed by atoms with Gasteiger partial charge in [-0.05, 0) is 10.8 Å². The summed E-state index contributed by atoms with van der Waals surface area (Å²) in [6, 6.07) is 12.1. The summed E-state index contributed by atoms with van der Waals surface area (Å²) in [6.45, 7) is 0. The number of carbonyl (C=O) groups is 2. The van der Waals surface area contributed by atoms with E-state index in [2.05, 4.69) is 0 Å². The summed E-state index contributed by atoms with van der Waals surface area (Å²) in [5.41, 5.74) is 0.174. The smallest absolute Gasteiger partial charge is 0.281 e. The number of carbonyl (C=O) groups excluding carboxylic acids is 2. The highest BCUT2D eigenvalue weighted by molar-refractivity contribution is 6.42. The molecular formula is C12H7O3. The van der Waals surface area contributed by atoms with E-state index < -0.39 is 11.8 Å². The Bertz CT molecular complexity index is 538. The van der Waals surface area contributed by atoms with E-state index in [1.807, 2.05) is 18.2 Å².